The monoisotopic (exact) mass is 275 g/mol. The highest BCUT2D eigenvalue weighted by Gasteiger charge is 2.05. The summed E-state index contributed by atoms with van der Waals surface area (Å²) in [7, 11) is 0. The van der Waals surface area contributed by atoms with Crippen LogP contribution in [0.2, 0.25) is 0 Å². The van der Waals surface area contributed by atoms with Crippen molar-refractivity contribution in [2.24, 2.45) is 10.9 Å². The number of oxime groups is 1. The van der Waals surface area contributed by atoms with E-state index in [0.29, 0.717) is 5.56 Å². The highest BCUT2D eigenvalue weighted by Crippen LogP contribution is 2.12. The molecule has 1 heterocycles. The molecule has 0 saturated heterocycles. The fourth-order valence-corrected chi connectivity index (χ4v) is 2.17. The Morgan fingerprint density at radius 1 is 1.32 bits per heavy atom. The van der Waals surface area contributed by atoms with E-state index in [1.54, 1.807) is 24.3 Å². The molecule has 0 radical (unpaired) electrons. The van der Waals surface area contributed by atoms with Gasteiger partial charge in [0.1, 0.15) is 0 Å². The Morgan fingerprint density at radius 3 is 2.63 bits per heavy atom. The summed E-state index contributed by atoms with van der Waals surface area (Å²) in [6.07, 6.45) is 0.284. The quantitative estimate of drug-likeness (QED) is 0.345. The summed E-state index contributed by atoms with van der Waals surface area (Å²) >= 11 is 1.53. The Kier molecular flexibility index (Phi) is 4.15. The number of hydrogen-bond acceptors (Lipinski definition) is 4. The minimum Gasteiger partial charge on any atom is -0.409 e. The van der Waals surface area contributed by atoms with Crippen molar-refractivity contribution in [3.8, 4) is 0 Å². The van der Waals surface area contributed by atoms with Crippen molar-refractivity contribution in [3.05, 3.63) is 52.2 Å². The van der Waals surface area contributed by atoms with Crippen molar-refractivity contribution < 1.29 is 10.0 Å². The largest absolute Gasteiger partial charge is 0.409 e. The third-order valence-corrected chi connectivity index (χ3v) is 3.21. The molecule has 0 aliphatic rings. The number of nitrogens with zero attached hydrogens (tertiary/aromatic N) is 1. The Morgan fingerprint density at radius 2 is 2.05 bits per heavy atom. The maximum absolute atomic E-state index is 11.8. The molecule has 0 atom stereocenters. The van der Waals surface area contributed by atoms with Crippen LogP contribution in [0.3, 0.4) is 0 Å². The van der Waals surface area contributed by atoms with Crippen molar-refractivity contribution in [2.75, 3.05) is 5.32 Å². The number of anilines is 1. The van der Waals surface area contributed by atoms with Crippen LogP contribution < -0.4 is 11.1 Å². The van der Waals surface area contributed by atoms with Crippen molar-refractivity contribution in [1.82, 2.24) is 0 Å². The van der Waals surface area contributed by atoms with E-state index in [4.69, 9.17) is 10.9 Å². The van der Waals surface area contributed by atoms with E-state index in [9.17, 15) is 4.79 Å². The van der Waals surface area contributed by atoms with Crippen molar-refractivity contribution >= 4 is 28.8 Å². The number of nitrogens with one attached hydrogen (secondary N) is 1. The third kappa shape index (κ3) is 3.56. The van der Waals surface area contributed by atoms with Crippen LogP contribution in [-0.2, 0) is 11.2 Å². The van der Waals surface area contributed by atoms with Crippen LogP contribution in [-0.4, -0.2) is 17.0 Å². The minimum absolute atomic E-state index is 0.0503. The molecule has 1 aromatic heterocycles. The smallest absolute Gasteiger partial charge is 0.228 e. The van der Waals surface area contributed by atoms with E-state index in [1.807, 2.05) is 16.8 Å². The van der Waals surface area contributed by atoms with E-state index in [0.717, 1.165) is 11.3 Å². The van der Waals surface area contributed by atoms with Gasteiger partial charge in [0.15, 0.2) is 5.84 Å². The molecule has 4 N–H and O–H groups in total. The summed E-state index contributed by atoms with van der Waals surface area (Å²) in [5.74, 6) is -0.0239. The second-order valence-electron chi connectivity index (χ2n) is 3.92. The Labute approximate surface area is 114 Å². The van der Waals surface area contributed by atoms with Gasteiger partial charge >= 0.3 is 0 Å². The molecule has 19 heavy (non-hydrogen) atoms. The summed E-state index contributed by atoms with van der Waals surface area (Å²) in [4.78, 5) is 11.8. The van der Waals surface area contributed by atoms with Crippen molar-refractivity contribution in [3.63, 3.8) is 0 Å². The maximum Gasteiger partial charge on any atom is 0.228 e. The fourth-order valence-electron chi connectivity index (χ4n) is 1.58. The van der Waals surface area contributed by atoms with E-state index in [-0.39, 0.29) is 18.2 Å². The molecule has 2 rings (SSSR count). The van der Waals surface area contributed by atoms with Gasteiger partial charge in [-0.15, -0.1) is 0 Å². The van der Waals surface area contributed by atoms with Crippen LogP contribution in [0.25, 0.3) is 0 Å². The van der Waals surface area contributed by atoms with Gasteiger partial charge < -0.3 is 16.3 Å². The SMILES string of the molecule is NC(=NO)c1ccc(CC(=O)Nc2ccsc2)cc1. The molecule has 5 nitrogen and oxygen atoms in total. The molecule has 2 aromatic rings. The van der Waals surface area contributed by atoms with Gasteiger partial charge in [0.25, 0.3) is 0 Å². The molecule has 0 spiro atoms. The molecule has 98 valence electrons. The van der Waals surface area contributed by atoms with E-state index < -0.39 is 0 Å². The number of benzene rings is 1. The number of hydrogen-bond donors (Lipinski definition) is 3. The van der Waals surface area contributed by atoms with Gasteiger partial charge in [-0.3, -0.25) is 4.79 Å². The fraction of sp³-hybridized carbons (Fsp3) is 0.0769. The van der Waals surface area contributed by atoms with Crippen molar-refractivity contribution in [1.29, 1.82) is 0 Å². The van der Waals surface area contributed by atoms with Crippen LogP contribution in [0, 0.1) is 0 Å². The lowest BCUT2D eigenvalue weighted by Gasteiger charge is -2.04. The minimum atomic E-state index is -0.0741. The summed E-state index contributed by atoms with van der Waals surface area (Å²) < 4.78 is 0. The number of carbonyl (C=O) groups is 1. The number of amides is 1. The molecule has 0 unspecified atom stereocenters. The number of carbonyl (C=O) groups excluding carboxylic acids is 1. The zero-order chi connectivity index (χ0) is 13.7. The maximum atomic E-state index is 11.8. The molecule has 1 aromatic carbocycles. The lowest BCUT2D eigenvalue weighted by molar-refractivity contribution is -0.115. The first-order valence-corrected chi connectivity index (χ1v) is 6.52. The molecule has 0 fully saturated rings. The Balaban J connectivity index is 1.98. The number of nitrogens with two attached hydrogens (primary N) is 1. The highest BCUT2D eigenvalue weighted by molar-refractivity contribution is 7.08. The predicted molar refractivity (Wildman–Crippen MR) is 75.6 cm³/mol. The summed E-state index contributed by atoms with van der Waals surface area (Å²) in [5, 5.41) is 18.0. The van der Waals surface area contributed by atoms with E-state index >= 15 is 0 Å². The van der Waals surface area contributed by atoms with E-state index in [2.05, 4.69) is 10.5 Å². The zero-order valence-electron chi connectivity index (χ0n) is 10.0. The average molecular weight is 275 g/mol. The number of amidine groups is 1. The second-order valence-corrected chi connectivity index (χ2v) is 4.70. The first kappa shape index (κ1) is 13.1. The average Bonchev–Trinajstić information content (AvgIpc) is 2.91. The molecule has 6 heteroatoms. The van der Waals surface area contributed by atoms with Crippen LogP contribution in [0.1, 0.15) is 11.1 Å². The predicted octanol–water partition coefficient (Wildman–Crippen LogP) is 2.02. The van der Waals surface area contributed by atoms with Crippen LogP contribution in [0.5, 0.6) is 0 Å². The molecule has 0 aliphatic heterocycles. The molecule has 1 amide bonds. The van der Waals surface area contributed by atoms with Gasteiger partial charge in [-0.2, -0.15) is 11.3 Å². The van der Waals surface area contributed by atoms with Crippen molar-refractivity contribution in [2.45, 2.75) is 6.42 Å². The summed E-state index contributed by atoms with van der Waals surface area (Å²) in [6.45, 7) is 0. The first-order chi connectivity index (χ1) is 9.19. The highest BCUT2D eigenvalue weighted by atomic mass is 32.1. The Hall–Kier alpha value is -2.34. The molecular weight excluding hydrogens is 262 g/mol. The molecule has 0 aliphatic carbocycles. The van der Waals surface area contributed by atoms with Gasteiger partial charge in [-0.05, 0) is 17.0 Å². The molecule has 0 bridgehead atoms. The normalized spacial score (nSPS) is 11.3. The van der Waals surface area contributed by atoms with E-state index in [1.165, 1.54) is 11.3 Å². The topological polar surface area (TPSA) is 87.7 Å². The van der Waals surface area contributed by atoms with Gasteiger partial charge in [0.2, 0.25) is 5.91 Å². The van der Waals surface area contributed by atoms with Crippen LogP contribution >= 0.6 is 11.3 Å². The van der Waals surface area contributed by atoms with Gasteiger partial charge in [-0.1, -0.05) is 29.4 Å². The Bertz CT molecular complexity index is 576. The lowest BCUT2D eigenvalue weighted by atomic mass is 10.1. The molecular formula is C13H13N3O2S. The summed E-state index contributed by atoms with van der Waals surface area (Å²) in [5.41, 5.74) is 7.74. The first-order valence-electron chi connectivity index (χ1n) is 5.58. The lowest BCUT2D eigenvalue weighted by Crippen LogP contribution is -2.15. The third-order valence-electron chi connectivity index (χ3n) is 2.53. The number of rotatable bonds is 4. The zero-order valence-corrected chi connectivity index (χ0v) is 10.9. The van der Waals surface area contributed by atoms with Crippen LogP contribution in [0.4, 0.5) is 5.69 Å². The second kappa shape index (κ2) is 6.01. The van der Waals surface area contributed by atoms with Gasteiger partial charge in [-0.25, -0.2) is 0 Å². The molecule has 0 saturated carbocycles. The standard InChI is InChI=1S/C13H13N3O2S/c14-13(16-18)10-3-1-9(2-4-10)7-12(17)15-11-5-6-19-8-11/h1-6,8,18H,7H2,(H2,14,16)(H,15,17). The number of thiophene rings is 1. The summed E-state index contributed by atoms with van der Waals surface area (Å²) in [6, 6.07) is 8.83. The van der Waals surface area contributed by atoms with Gasteiger partial charge in [0, 0.05) is 10.9 Å². The van der Waals surface area contributed by atoms with Gasteiger partial charge in [0.05, 0.1) is 12.1 Å². The van der Waals surface area contributed by atoms with Crippen LogP contribution in [0.15, 0.2) is 46.2 Å².